The van der Waals surface area contributed by atoms with E-state index >= 15 is 0 Å². The Balaban J connectivity index is 1.92. The van der Waals surface area contributed by atoms with Crippen LogP contribution in [0.3, 0.4) is 0 Å². The third kappa shape index (κ3) is 5.61. The molecule has 1 aromatic rings. The van der Waals surface area contributed by atoms with Crippen LogP contribution in [0.25, 0.3) is 6.08 Å². The third-order valence-corrected chi connectivity index (χ3v) is 3.59. The predicted octanol–water partition coefficient (Wildman–Crippen LogP) is 5.65. The van der Waals surface area contributed by atoms with Gasteiger partial charge in [-0.1, -0.05) is 54.7 Å². The van der Waals surface area contributed by atoms with Crippen molar-refractivity contribution in [2.75, 3.05) is 6.54 Å². The fourth-order valence-corrected chi connectivity index (χ4v) is 2.19. The van der Waals surface area contributed by atoms with E-state index in [1.54, 1.807) is 18.2 Å². The van der Waals surface area contributed by atoms with Crippen molar-refractivity contribution in [3.63, 3.8) is 0 Å². The van der Waals surface area contributed by atoms with Crippen molar-refractivity contribution in [3.05, 3.63) is 89.2 Å². The van der Waals surface area contributed by atoms with Crippen LogP contribution in [-0.2, 0) is 6.18 Å². The van der Waals surface area contributed by atoms with Crippen LogP contribution in [0, 0.1) is 0 Å². The molecule has 0 bridgehead atoms. The van der Waals surface area contributed by atoms with Crippen LogP contribution < -0.4 is 5.32 Å². The molecule has 2 rings (SSSR count). The molecule has 0 fully saturated rings. The van der Waals surface area contributed by atoms with Gasteiger partial charge in [-0.05, 0) is 42.7 Å². The molecule has 1 aromatic carbocycles. The van der Waals surface area contributed by atoms with Gasteiger partial charge >= 0.3 is 6.18 Å². The molecule has 24 heavy (non-hydrogen) atoms. The molecule has 0 amide bonds. The predicted molar refractivity (Wildman–Crippen MR) is 93.2 cm³/mol. The van der Waals surface area contributed by atoms with E-state index in [9.17, 15) is 13.2 Å². The molecule has 0 radical (unpaired) electrons. The van der Waals surface area contributed by atoms with Gasteiger partial charge in [0.25, 0.3) is 0 Å². The van der Waals surface area contributed by atoms with Gasteiger partial charge in [-0.15, -0.1) is 0 Å². The van der Waals surface area contributed by atoms with Gasteiger partial charge in [0.2, 0.25) is 0 Å². The van der Waals surface area contributed by atoms with Gasteiger partial charge in [-0.3, -0.25) is 0 Å². The highest BCUT2D eigenvalue weighted by molar-refractivity contribution is 5.53. The van der Waals surface area contributed by atoms with Gasteiger partial charge in [0.05, 0.1) is 5.56 Å². The summed E-state index contributed by atoms with van der Waals surface area (Å²) in [5.41, 5.74) is 2.86. The van der Waals surface area contributed by atoms with Crippen molar-refractivity contribution in [2.24, 2.45) is 0 Å². The Morgan fingerprint density at radius 1 is 1.25 bits per heavy atom. The van der Waals surface area contributed by atoms with Crippen LogP contribution in [0.15, 0.2) is 78.1 Å². The zero-order chi connectivity index (χ0) is 17.6. The maximum atomic E-state index is 12.7. The highest BCUT2D eigenvalue weighted by Crippen LogP contribution is 2.29. The van der Waals surface area contributed by atoms with E-state index in [1.807, 2.05) is 0 Å². The van der Waals surface area contributed by atoms with E-state index in [1.165, 1.54) is 11.6 Å². The minimum absolute atomic E-state index is 0.487. The fourth-order valence-electron chi connectivity index (χ4n) is 2.19. The summed E-state index contributed by atoms with van der Waals surface area (Å²) >= 11 is 0. The molecular formula is C20H20F3N. The van der Waals surface area contributed by atoms with Crippen LogP contribution in [0.5, 0.6) is 0 Å². The molecule has 1 N–H and O–H groups in total. The van der Waals surface area contributed by atoms with E-state index < -0.39 is 11.7 Å². The largest absolute Gasteiger partial charge is 0.416 e. The van der Waals surface area contributed by atoms with E-state index in [2.05, 4.69) is 43.1 Å². The van der Waals surface area contributed by atoms with Crippen LogP contribution >= 0.6 is 0 Å². The Kier molecular flexibility index (Phi) is 5.85. The summed E-state index contributed by atoms with van der Waals surface area (Å²) in [6.07, 6.45) is 8.24. The van der Waals surface area contributed by atoms with E-state index in [-0.39, 0.29) is 0 Å². The molecule has 0 atom stereocenters. The van der Waals surface area contributed by atoms with Crippen LogP contribution in [0.1, 0.15) is 24.5 Å². The Morgan fingerprint density at radius 3 is 2.79 bits per heavy atom. The van der Waals surface area contributed by atoms with Crippen LogP contribution in [0.2, 0.25) is 0 Å². The Hall–Kier alpha value is -2.49. The molecule has 1 aliphatic rings. The average Bonchev–Trinajstić information content (AvgIpc) is 2.75. The number of alkyl halides is 3. The van der Waals surface area contributed by atoms with Crippen molar-refractivity contribution in [1.82, 2.24) is 5.32 Å². The van der Waals surface area contributed by atoms with Gasteiger partial charge in [0.1, 0.15) is 0 Å². The lowest BCUT2D eigenvalue weighted by molar-refractivity contribution is -0.137. The van der Waals surface area contributed by atoms with Gasteiger partial charge < -0.3 is 5.32 Å². The van der Waals surface area contributed by atoms with E-state index in [0.717, 1.165) is 24.1 Å². The minimum Gasteiger partial charge on any atom is -0.381 e. The lowest BCUT2D eigenvalue weighted by atomic mass is 10.1. The van der Waals surface area contributed by atoms with Crippen molar-refractivity contribution in [3.8, 4) is 0 Å². The van der Waals surface area contributed by atoms with Crippen molar-refractivity contribution < 1.29 is 13.2 Å². The summed E-state index contributed by atoms with van der Waals surface area (Å²) in [5, 5.41) is 3.16. The smallest absolute Gasteiger partial charge is 0.381 e. The van der Waals surface area contributed by atoms with Crippen molar-refractivity contribution in [1.29, 1.82) is 0 Å². The van der Waals surface area contributed by atoms with Gasteiger partial charge in [0.15, 0.2) is 0 Å². The molecule has 0 aliphatic heterocycles. The van der Waals surface area contributed by atoms with Crippen LogP contribution in [-0.4, -0.2) is 6.54 Å². The van der Waals surface area contributed by atoms with Crippen molar-refractivity contribution in [2.45, 2.75) is 19.5 Å². The first-order valence-electron chi connectivity index (χ1n) is 7.66. The van der Waals surface area contributed by atoms with E-state index in [4.69, 9.17) is 0 Å². The lowest BCUT2D eigenvalue weighted by Gasteiger charge is -2.08. The second kappa shape index (κ2) is 7.86. The Labute approximate surface area is 140 Å². The zero-order valence-electron chi connectivity index (χ0n) is 13.5. The molecule has 0 saturated heterocycles. The fraction of sp³-hybridized carbons (Fsp3) is 0.200. The number of rotatable bonds is 5. The number of allylic oxidation sites excluding steroid dienone is 5. The van der Waals surface area contributed by atoms with E-state index in [0.29, 0.717) is 17.8 Å². The summed E-state index contributed by atoms with van der Waals surface area (Å²) in [6.45, 7) is 6.56. The average molecular weight is 331 g/mol. The summed E-state index contributed by atoms with van der Waals surface area (Å²) in [7, 11) is 0. The Bertz CT molecular complexity index is 719. The molecule has 0 aromatic heterocycles. The Morgan fingerprint density at radius 2 is 2.04 bits per heavy atom. The lowest BCUT2D eigenvalue weighted by Crippen LogP contribution is -2.13. The first kappa shape index (κ1) is 17.9. The molecule has 0 spiro atoms. The number of hydrogen-bond acceptors (Lipinski definition) is 1. The summed E-state index contributed by atoms with van der Waals surface area (Å²) in [4.78, 5) is 0. The molecule has 0 saturated carbocycles. The first-order valence-corrected chi connectivity index (χ1v) is 7.66. The topological polar surface area (TPSA) is 12.0 Å². The van der Waals surface area contributed by atoms with Crippen LogP contribution in [0.4, 0.5) is 13.2 Å². The quantitative estimate of drug-likeness (QED) is 0.687. The molecular weight excluding hydrogens is 311 g/mol. The second-order valence-electron chi connectivity index (χ2n) is 5.63. The van der Waals surface area contributed by atoms with Crippen molar-refractivity contribution >= 4 is 6.08 Å². The first-order chi connectivity index (χ1) is 11.3. The standard InChI is InChI=1S/C20H20F3N/c1-15-5-3-7-18(11-9-15)14-24-16(2)10-12-17-6-4-8-19(13-17)20(21,22)23/h4-13,24H,2-3,14H2,1H3/b12-10+. The molecule has 1 nitrogen and oxygen atoms in total. The number of nitrogens with one attached hydrogen (secondary N) is 1. The van der Waals surface area contributed by atoms with Gasteiger partial charge in [-0.2, -0.15) is 13.2 Å². The normalized spacial score (nSPS) is 15.0. The third-order valence-electron chi connectivity index (χ3n) is 3.59. The number of benzene rings is 1. The molecule has 1 aliphatic carbocycles. The highest BCUT2D eigenvalue weighted by Gasteiger charge is 2.30. The molecule has 126 valence electrons. The number of hydrogen-bond donors (Lipinski definition) is 1. The molecule has 4 heteroatoms. The number of halogens is 3. The summed E-state index contributed by atoms with van der Waals surface area (Å²) in [5.74, 6) is 0. The molecule has 0 unspecified atom stereocenters. The summed E-state index contributed by atoms with van der Waals surface area (Å²) < 4.78 is 38.0. The zero-order valence-corrected chi connectivity index (χ0v) is 13.5. The SMILES string of the molecule is C=C(/C=C/c1cccc(C(F)(F)F)c1)NCC1=CCC=C(C)C=C1. The minimum atomic E-state index is -4.33. The highest BCUT2D eigenvalue weighted by atomic mass is 19.4. The monoisotopic (exact) mass is 331 g/mol. The maximum Gasteiger partial charge on any atom is 0.416 e. The summed E-state index contributed by atoms with van der Waals surface area (Å²) in [6, 6.07) is 5.21. The molecule has 0 heterocycles. The maximum absolute atomic E-state index is 12.7. The second-order valence-corrected chi connectivity index (χ2v) is 5.63. The van der Waals surface area contributed by atoms with Gasteiger partial charge in [-0.25, -0.2) is 0 Å². The van der Waals surface area contributed by atoms with Gasteiger partial charge in [0, 0.05) is 12.2 Å².